The summed E-state index contributed by atoms with van der Waals surface area (Å²) in [4.78, 5) is 16.5. The molecule has 0 radical (unpaired) electrons. The van der Waals surface area contributed by atoms with Crippen molar-refractivity contribution < 1.29 is 4.79 Å². The minimum atomic E-state index is -0.204. The Bertz CT molecular complexity index is 726. The van der Waals surface area contributed by atoms with E-state index in [0.717, 1.165) is 15.9 Å². The van der Waals surface area contributed by atoms with Gasteiger partial charge >= 0.3 is 0 Å². The molecule has 2 heterocycles. The van der Waals surface area contributed by atoms with Gasteiger partial charge in [-0.25, -0.2) is 4.98 Å². The predicted molar refractivity (Wildman–Crippen MR) is 75.5 cm³/mol. The van der Waals surface area contributed by atoms with E-state index in [4.69, 9.17) is 0 Å². The summed E-state index contributed by atoms with van der Waals surface area (Å²) < 4.78 is 2.65. The fourth-order valence-corrected chi connectivity index (χ4v) is 2.73. The highest BCUT2D eigenvalue weighted by molar-refractivity contribution is 7.20. The molecule has 0 saturated heterocycles. The maximum absolute atomic E-state index is 12.1. The largest absolute Gasteiger partial charge is 0.305 e. The first kappa shape index (κ1) is 11.9. The summed E-state index contributed by atoms with van der Waals surface area (Å²) in [6.07, 6.45) is 0. The number of aromatic nitrogens is 3. The van der Waals surface area contributed by atoms with Gasteiger partial charge in [0.1, 0.15) is 5.82 Å². The third kappa shape index (κ3) is 2.22. The fourth-order valence-electron chi connectivity index (χ4n) is 1.87. The van der Waals surface area contributed by atoms with Crippen molar-refractivity contribution in [3.8, 4) is 0 Å². The van der Waals surface area contributed by atoms with E-state index in [2.05, 4.69) is 15.4 Å². The molecular formula is C13H12N4OS. The van der Waals surface area contributed by atoms with Crippen LogP contribution in [-0.2, 0) is 7.05 Å². The van der Waals surface area contributed by atoms with Crippen molar-refractivity contribution in [2.24, 2.45) is 7.05 Å². The number of anilines is 1. The molecule has 0 unspecified atom stereocenters. The van der Waals surface area contributed by atoms with Crippen LogP contribution in [0.3, 0.4) is 0 Å². The highest BCUT2D eigenvalue weighted by atomic mass is 32.1. The number of aryl methyl sites for hydroxylation is 2. The zero-order valence-corrected chi connectivity index (χ0v) is 11.4. The summed E-state index contributed by atoms with van der Waals surface area (Å²) in [5.41, 5.74) is 1.71. The maximum Gasteiger partial charge on any atom is 0.285 e. The second-order valence-corrected chi connectivity index (χ2v) is 5.27. The molecule has 1 aromatic carbocycles. The number of amides is 1. The minimum absolute atomic E-state index is 0.204. The van der Waals surface area contributed by atoms with E-state index < -0.39 is 0 Å². The van der Waals surface area contributed by atoms with Gasteiger partial charge < -0.3 is 5.32 Å². The monoisotopic (exact) mass is 272 g/mol. The lowest BCUT2D eigenvalue weighted by Crippen LogP contribution is -2.14. The standard InChI is InChI=1S/C13H12N4OS/c1-8-7-11(17(2)16-8)15-12(18)13-14-9-5-3-4-6-10(9)19-13/h3-7H,1-2H3,(H,15,18). The summed E-state index contributed by atoms with van der Waals surface area (Å²) >= 11 is 1.38. The van der Waals surface area contributed by atoms with E-state index in [0.29, 0.717) is 10.8 Å². The maximum atomic E-state index is 12.1. The first-order chi connectivity index (χ1) is 9.13. The highest BCUT2D eigenvalue weighted by Gasteiger charge is 2.14. The van der Waals surface area contributed by atoms with Gasteiger partial charge in [-0.15, -0.1) is 11.3 Å². The van der Waals surface area contributed by atoms with Gasteiger partial charge in [0, 0.05) is 13.1 Å². The molecule has 2 aromatic heterocycles. The Morgan fingerprint density at radius 1 is 1.37 bits per heavy atom. The summed E-state index contributed by atoms with van der Waals surface area (Å²) in [6.45, 7) is 1.88. The van der Waals surface area contributed by atoms with E-state index in [-0.39, 0.29) is 5.91 Å². The van der Waals surface area contributed by atoms with E-state index in [1.54, 1.807) is 11.7 Å². The topological polar surface area (TPSA) is 59.8 Å². The van der Waals surface area contributed by atoms with Gasteiger partial charge in [0.05, 0.1) is 15.9 Å². The smallest absolute Gasteiger partial charge is 0.285 e. The van der Waals surface area contributed by atoms with Crippen LogP contribution >= 0.6 is 11.3 Å². The molecule has 0 bridgehead atoms. The highest BCUT2D eigenvalue weighted by Crippen LogP contribution is 2.22. The Balaban J connectivity index is 1.89. The molecule has 3 rings (SSSR count). The number of nitrogens with one attached hydrogen (secondary N) is 1. The lowest BCUT2D eigenvalue weighted by atomic mass is 10.3. The molecular weight excluding hydrogens is 260 g/mol. The quantitative estimate of drug-likeness (QED) is 0.780. The van der Waals surface area contributed by atoms with Crippen molar-refractivity contribution in [2.45, 2.75) is 6.92 Å². The molecule has 0 atom stereocenters. The number of carbonyl (C=O) groups excluding carboxylic acids is 1. The second-order valence-electron chi connectivity index (χ2n) is 4.24. The van der Waals surface area contributed by atoms with E-state index >= 15 is 0 Å². The van der Waals surface area contributed by atoms with Crippen molar-refractivity contribution in [3.63, 3.8) is 0 Å². The van der Waals surface area contributed by atoms with E-state index in [1.807, 2.05) is 37.3 Å². The molecule has 3 aromatic rings. The van der Waals surface area contributed by atoms with Crippen LogP contribution in [0.15, 0.2) is 30.3 Å². The first-order valence-corrected chi connectivity index (χ1v) is 6.63. The molecule has 0 fully saturated rings. The Hall–Kier alpha value is -2.21. The minimum Gasteiger partial charge on any atom is -0.305 e. The Morgan fingerprint density at radius 2 is 2.16 bits per heavy atom. The lowest BCUT2D eigenvalue weighted by Gasteiger charge is -2.01. The summed E-state index contributed by atoms with van der Waals surface area (Å²) in [5.74, 6) is 0.464. The van der Waals surface area contributed by atoms with Crippen LogP contribution in [0.5, 0.6) is 0 Å². The molecule has 96 valence electrons. The van der Waals surface area contributed by atoms with Crippen molar-refractivity contribution in [1.29, 1.82) is 0 Å². The van der Waals surface area contributed by atoms with Crippen molar-refractivity contribution in [3.05, 3.63) is 41.0 Å². The number of fused-ring (bicyclic) bond motifs is 1. The van der Waals surface area contributed by atoms with Crippen LogP contribution in [0.1, 0.15) is 15.5 Å². The lowest BCUT2D eigenvalue weighted by molar-refractivity contribution is 0.102. The van der Waals surface area contributed by atoms with Crippen LogP contribution in [0.2, 0.25) is 0 Å². The number of carbonyl (C=O) groups is 1. The number of benzene rings is 1. The van der Waals surface area contributed by atoms with Crippen LogP contribution in [-0.4, -0.2) is 20.7 Å². The van der Waals surface area contributed by atoms with Crippen molar-refractivity contribution in [1.82, 2.24) is 14.8 Å². The van der Waals surface area contributed by atoms with Crippen LogP contribution in [0, 0.1) is 6.92 Å². The van der Waals surface area contributed by atoms with Gasteiger partial charge in [0.2, 0.25) is 0 Å². The van der Waals surface area contributed by atoms with Gasteiger partial charge in [-0.05, 0) is 19.1 Å². The molecule has 5 nitrogen and oxygen atoms in total. The number of hydrogen-bond donors (Lipinski definition) is 1. The third-order valence-electron chi connectivity index (χ3n) is 2.73. The van der Waals surface area contributed by atoms with Gasteiger partial charge in [0.15, 0.2) is 5.01 Å². The molecule has 0 spiro atoms. The molecule has 19 heavy (non-hydrogen) atoms. The molecule has 6 heteroatoms. The summed E-state index contributed by atoms with van der Waals surface area (Å²) in [7, 11) is 1.79. The number of hydrogen-bond acceptors (Lipinski definition) is 4. The zero-order chi connectivity index (χ0) is 13.4. The van der Waals surface area contributed by atoms with Crippen LogP contribution < -0.4 is 5.32 Å². The van der Waals surface area contributed by atoms with Gasteiger partial charge in [0.25, 0.3) is 5.91 Å². The average Bonchev–Trinajstić information content (AvgIpc) is 2.93. The second kappa shape index (κ2) is 4.47. The van der Waals surface area contributed by atoms with Gasteiger partial charge in [-0.3, -0.25) is 9.48 Å². The SMILES string of the molecule is Cc1cc(NC(=O)c2nc3ccccc3s2)n(C)n1. The Labute approximate surface area is 113 Å². The summed E-state index contributed by atoms with van der Waals surface area (Å²) in [6, 6.07) is 9.53. The van der Waals surface area contributed by atoms with E-state index in [9.17, 15) is 4.79 Å². The summed E-state index contributed by atoms with van der Waals surface area (Å²) in [5, 5.41) is 7.46. The number of para-hydroxylation sites is 1. The molecule has 1 N–H and O–H groups in total. The van der Waals surface area contributed by atoms with Crippen molar-refractivity contribution >= 4 is 33.3 Å². The Morgan fingerprint density at radius 3 is 2.84 bits per heavy atom. The average molecular weight is 272 g/mol. The number of rotatable bonds is 2. The Kier molecular flexibility index (Phi) is 2.79. The van der Waals surface area contributed by atoms with Gasteiger partial charge in [-0.2, -0.15) is 5.10 Å². The van der Waals surface area contributed by atoms with Crippen LogP contribution in [0.25, 0.3) is 10.2 Å². The molecule has 0 aliphatic carbocycles. The predicted octanol–water partition coefficient (Wildman–Crippen LogP) is 2.59. The van der Waals surface area contributed by atoms with Crippen LogP contribution in [0.4, 0.5) is 5.82 Å². The number of thiazole rings is 1. The third-order valence-corrected chi connectivity index (χ3v) is 3.77. The van der Waals surface area contributed by atoms with E-state index in [1.165, 1.54) is 11.3 Å². The first-order valence-electron chi connectivity index (χ1n) is 5.81. The molecule has 0 aliphatic heterocycles. The normalized spacial score (nSPS) is 10.8. The number of nitrogens with zero attached hydrogens (tertiary/aromatic N) is 3. The van der Waals surface area contributed by atoms with Gasteiger partial charge in [-0.1, -0.05) is 12.1 Å². The fraction of sp³-hybridized carbons (Fsp3) is 0.154. The molecule has 1 amide bonds. The molecule has 0 aliphatic rings. The van der Waals surface area contributed by atoms with Crippen molar-refractivity contribution in [2.75, 3.05) is 5.32 Å². The molecule has 0 saturated carbocycles. The zero-order valence-electron chi connectivity index (χ0n) is 10.5.